The zero-order chi connectivity index (χ0) is 12.5. The van der Waals surface area contributed by atoms with Crippen molar-refractivity contribution in [2.45, 2.75) is 38.3 Å². The molecule has 96 valence electrons. The van der Waals surface area contributed by atoms with Crippen molar-refractivity contribution in [3.05, 3.63) is 35.0 Å². The number of nitrogens with two attached hydrogens (primary N) is 1. The van der Waals surface area contributed by atoms with Crippen molar-refractivity contribution in [3.8, 4) is 0 Å². The molecule has 1 aliphatic rings. The fourth-order valence-electron chi connectivity index (χ4n) is 2.87. The molecule has 1 unspecified atom stereocenters. The molecule has 3 rings (SSSR count). The van der Waals surface area contributed by atoms with Gasteiger partial charge in [-0.25, -0.2) is 4.52 Å². The van der Waals surface area contributed by atoms with Gasteiger partial charge in [0.05, 0.1) is 6.20 Å². The fraction of sp³-hybridized carbons (Fsp3) is 0.538. The van der Waals surface area contributed by atoms with Gasteiger partial charge in [0.25, 0.3) is 5.56 Å². The summed E-state index contributed by atoms with van der Waals surface area (Å²) >= 11 is 0. The molecule has 0 aromatic carbocycles. The molecule has 5 nitrogen and oxygen atoms in total. The van der Waals surface area contributed by atoms with E-state index in [2.05, 4.69) is 5.10 Å². The summed E-state index contributed by atoms with van der Waals surface area (Å²) in [5.74, 6) is 0.568. The van der Waals surface area contributed by atoms with Crippen LogP contribution in [0.3, 0.4) is 0 Å². The molecule has 2 aromatic heterocycles. The van der Waals surface area contributed by atoms with E-state index in [4.69, 9.17) is 5.73 Å². The Bertz CT molecular complexity index is 594. The van der Waals surface area contributed by atoms with Crippen LogP contribution in [0.25, 0.3) is 5.52 Å². The van der Waals surface area contributed by atoms with Gasteiger partial charge in [-0.05, 0) is 24.8 Å². The van der Waals surface area contributed by atoms with Crippen molar-refractivity contribution < 1.29 is 0 Å². The third-order valence-electron chi connectivity index (χ3n) is 3.95. The second kappa shape index (κ2) is 4.57. The molecule has 18 heavy (non-hydrogen) atoms. The third kappa shape index (κ3) is 1.95. The fourth-order valence-corrected chi connectivity index (χ4v) is 2.87. The summed E-state index contributed by atoms with van der Waals surface area (Å²) in [5, 5.41) is 4.05. The Morgan fingerprint density at radius 3 is 2.94 bits per heavy atom. The van der Waals surface area contributed by atoms with Crippen LogP contribution < -0.4 is 11.3 Å². The largest absolute Gasteiger partial charge is 0.326 e. The third-order valence-corrected chi connectivity index (χ3v) is 3.95. The first-order valence-corrected chi connectivity index (χ1v) is 6.54. The lowest BCUT2D eigenvalue weighted by molar-refractivity contribution is 0.383. The van der Waals surface area contributed by atoms with Gasteiger partial charge >= 0.3 is 0 Å². The van der Waals surface area contributed by atoms with Crippen molar-refractivity contribution in [1.82, 2.24) is 14.2 Å². The Hall–Kier alpha value is -1.62. The highest BCUT2D eigenvalue weighted by atomic mass is 16.1. The minimum absolute atomic E-state index is 0.0107. The lowest BCUT2D eigenvalue weighted by Gasteiger charge is -2.19. The van der Waals surface area contributed by atoms with E-state index in [9.17, 15) is 4.79 Å². The maximum absolute atomic E-state index is 12.2. The molecule has 1 saturated carbocycles. The Labute approximate surface area is 105 Å². The highest BCUT2D eigenvalue weighted by molar-refractivity contribution is 5.42. The summed E-state index contributed by atoms with van der Waals surface area (Å²) in [7, 11) is 0. The van der Waals surface area contributed by atoms with E-state index >= 15 is 0 Å². The van der Waals surface area contributed by atoms with E-state index in [0.717, 1.165) is 0 Å². The van der Waals surface area contributed by atoms with Crippen LogP contribution >= 0.6 is 0 Å². The van der Waals surface area contributed by atoms with Crippen molar-refractivity contribution in [2.75, 3.05) is 0 Å². The highest BCUT2D eigenvalue weighted by Gasteiger charge is 2.22. The molecule has 1 aliphatic carbocycles. The summed E-state index contributed by atoms with van der Waals surface area (Å²) < 4.78 is 3.31. The average Bonchev–Trinajstić information content (AvgIpc) is 3.02. The predicted octanol–water partition coefficient (Wildman–Crippen LogP) is 1.01. The van der Waals surface area contributed by atoms with Crippen LogP contribution in [0.2, 0.25) is 0 Å². The zero-order valence-corrected chi connectivity index (χ0v) is 10.3. The molecule has 1 fully saturated rings. The van der Waals surface area contributed by atoms with Crippen LogP contribution in [0.15, 0.2) is 29.5 Å². The molecule has 0 radical (unpaired) electrons. The topological polar surface area (TPSA) is 65.3 Å². The number of aromatic nitrogens is 3. The van der Waals surface area contributed by atoms with Gasteiger partial charge in [0, 0.05) is 25.0 Å². The minimum Gasteiger partial charge on any atom is -0.326 e. The predicted molar refractivity (Wildman–Crippen MR) is 69.4 cm³/mol. The quantitative estimate of drug-likeness (QED) is 0.879. The SMILES string of the molecule is NC(Cn1ccn2nccc2c1=O)C1CCCC1. The van der Waals surface area contributed by atoms with Crippen molar-refractivity contribution in [2.24, 2.45) is 11.7 Å². The van der Waals surface area contributed by atoms with Gasteiger partial charge in [-0.2, -0.15) is 5.10 Å². The van der Waals surface area contributed by atoms with Crippen LogP contribution in [-0.2, 0) is 6.54 Å². The molecule has 0 aliphatic heterocycles. The van der Waals surface area contributed by atoms with E-state index in [1.54, 1.807) is 33.7 Å². The molecule has 1 atom stereocenters. The van der Waals surface area contributed by atoms with Gasteiger partial charge in [-0.3, -0.25) is 4.79 Å². The molecule has 0 bridgehead atoms. The summed E-state index contributed by atoms with van der Waals surface area (Å²) in [5.41, 5.74) is 6.81. The summed E-state index contributed by atoms with van der Waals surface area (Å²) in [6.07, 6.45) is 10.2. The average molecular weight is 246 g/mol. The molecule has 2 N–H and O–H groups in total. The lowest BCUT2D eigenvalue weighted by Crippen LogP contribution is -2.37. The van der Waals surface area contributed by atoms with E-state index in [1.807, 2.05) is 0 Å². The molecule has 5 heteroatoms. The molecule has 2 aromatic rings. The van der Waals surface area contributed by atoms with Crippen LogP contribution in [-0.4, -0.2) is 20.2 Å². The van der Waals surface area contributed by atoms with E-state index in [0.29, 0.717) is 18.0 Å². The number of hydrogen-bond donors (Lipinski definition) is 1. The summed E-state index contributed by atoms with van der Waals surface area (Å²) in [6, 6.07) is 1.82. The normalized spacial score (nSPS) is 18.5. The second-order valence-electron chi connectivity index (χ2n) is 5.13. The first-order valence-electron chi connectivity index (χ1n) is 6.54. The van der Waals surface area contributed by atoms with Crippen molar-refractivity contribution >= 4 is 5.52 Å². The lowest BCUT2D eigenvalue weighted by atomic mass is 9.99. The van der Waals surface area contributed by atoms with Crippen LogP contribution in [0.4, 0.5) is 0 Å². The Balaban J connectivity index is 1.85. The van der Waals surface area contributed by atoms with Crippen LogP contribution in [0.1, 0.15) is 25.7 Å². The van der Waals surface area contributed by atoms with Gasteiger partial charge < -0.3 is 10.3 Å². The molecule has 0 saturated heterocycles. The number of nitrogens with zero attached hydrogens (tertiary/aromatic N) is 3. The number of rotatable bonds is 3. The number of hydrogen-bond acceptors (Lipinski definition) is 3. The molecule has 2 heterocycles. The molecule has 0 amide bonds. The molecular formula is C13H18N4O. The Kier molecular flexibility index (Phi) is 2.91. The van der Waals surface area contributed by atoms with Gasteiger partial charge in [-0.1, -0.05) is 12.8 Å². The summed E-state index contributed by atoms with van der Waals surface area (Å²) in [4.78, 5) is 12.2. The van der Waals surface area contributed by atoms with E-state index in [1.165, 1.54) is 25.7 Å². The first kappa shape index (κ1) is 11.5. The van der Waals surface area contributed by atoms with Crippen LogP contribution in [0, 0.1) is 5.92 Å². The zero-order valence-electron chi connectivity index (χ0n) is 10.3. The molecular weight excluding hydrogens is 228 g/mol. The van der Waals surface area contributed by atoms with Crippen LogP contribution in [0.5, 0.6) is 0 Å². The second-order valence-corrected chi connectivity index (χ2v) is 5.13. The van der Waals surface area contributed by atoms with Gasteiger partial charge in [-0.15, -0.1) is 0 Å². The first-order chi connectivity index (χ1) is 8.75. The van der Waals surface area contributed by atoms with Gasteiger partial charge in [0.1, 0.15) is 5.52 Å². The Morgan fingerprint density at radius 2 is 2.17 bits per heavy atom. The van der Waals surface area contributed by atoms with Crippen molar-refractivity contribution in [3.63, 3.8) is 0 Å². The van der Waals surface area contributed by atoms with Gasteiger partial charge in [0.15, 0.2) is 0 Å². The minimum atomic E-state index is -0.0107. The monoisotopic (exact) mass is 246 g/mol. The maximum atomic E-state index is 12.2. The summed E-state index contributed by atoms with van der Waals surface area (Å²) in [6.45, 7) is 0.602. The number of fused-ring (bicyclic) bond motifs is 1. The smallest absolute Gasteiger partial charge is 0.276 e. The Morgan fingerprint density at radius 1 is 1.39 bits per heavy atom. The van der Waals surface area contributed by atoms with Crippen molar-refractivity contribution in [1.29, 1.82) is 0 Å². The standard InChI is InChI=1S/C13H18N4O/c14-11(10-3-1-2-4-10)9-16-7-8-17-12(13(16)18)5-6-15-17/h5-8,10-11H,1-4,9,14H2. The molecule has 0 spiro atoms. The van der Waals surface area contributed by atoms with E-state index < -0.39 is 0 Å². The maximum Gasteiger partial charge on any atom is 0.276 e. The highest BCUT2D eigenvalue weighted by Crippen LogP contribution is 2.27. The van der Waals surface area contributed by atoms with E-state index in [-0.39, 0.29) is 11.6 Å². The van der Waals surface area contributed by atoms with Gasteiger partial charge in [0.2, 0.25) is 0 Å².